The fraction of sp³-hybridized carbons (Fsp3) is 0.538. The number of pyridine rings is 1. The Morgan fingerprint density at radius 1 is 1.19 bits per heavy atom. The third-order valence-corrected chi connectivity index (χ3v) is 2.98. The van der Waals surface area contributed by atoms with Crippen LogP contribution >= 0.6 is 0 Å². The highest BCUT2D eigenvalue weighted by molar-refractivity contribution is 5.71. The van der Waals surface area contributed by atoms with Crippen LogP contribution in [0.25, 0.3) is 0 Å². The van der Waals surface area contributed by atoms with Gasteiger partial charge in [-0.3, -0.25) is 4.79 Å². The van der Waals surface area contributed by atoms with E-state index in [4.69, 9.17) is 4.74 Å². The Morgan fingerprint density at radius 2 is 1.94 bits per heavy atom. The van der Waals surface area contributed by atoms with Crippen LogP contribution < -0.4 is 4.74 Å². The van der Waals surface area contributed by atoms with Gasteiger partial charge in [0, 0.05) is 0 Å². The number of hydrogen-bond donors (Lipinski definition) is 0. The average molecular weight is 219 g/mol. The Labute approximate surface area is 95.8 Å². The molecule has 0 spiro atoms. The number of carbonyl (C=O) groups excluding carboxylic acids is 1. The summed E-state index contributed by atoms with van der Waals surface area (Å²) in [5.74, 6) is 0.775. The molecule has 0 unspecified atom stereocenters. The van der Waals surface area contributed by atoms with Crippen molar-refractivity contribution >= 4 is 6.29 Å². The second-order valence-corrected chi connectivity index (χ2v) is 4.27. The van der Waals surface area contributed by atoms with Crippen molar-refractivity contribution in [2.45, 2.75) is 44.6 Å². The minimum atomic E-state index is 0.325. The Morgan fingerprint density at radius 3 is 2.50 bits per heavy atom. The van der Waals surface area contributed by atoms with Crippen molar-refractivity contribution < 1.29 is 9.53 Å². The maximum Gasteiger partial charge on any atom is 0.168 e. The SMILES string of the molecule is O=Cc1ccc(OC2CCCCCC2)cn1. The lowest BCUT2D eigenvalue weighted by Gasteiger charge is -2.16. The van der Waals surface area contributed by atoms with E-state index >= 15 is 0 Å². The third kappa shape index (κ3) is 3.05. The molecule has 16 heavy (non-hydrogen) atoms. The van der Waals surface area contributed by atoms with Crippen molar-refractivity contribution in [3.05, 3.63) is 24.0 Å². The van der Waals surface area contributed by atoms with Gasteiger partial charge < -0.3 is 4.74 Å². The van der Waals surface area contributed by atoms with Crippen LogP contribution in [0.5, 0.6) is 5.75 Å². The van der Waals surface area contributed by atoms with Gasteiger partial charge in [0.15, 0.2) is 6.29 Å². The summed E-state index contributed by atoms with van der Waals surface area (Å²) in [5, 5.41) is 0. The zero-order chi connectivity index (χ0) is 11.2. The van der Waals surface area contributed by atoms with Gasteiger partial charge >= 0.3 is 0 Å². The van der Waals surface area contributed by atoms with Crippen LogP contribution in [0.4, 0.5) is 0 Å². The minimum Gasteiger partial charge on any atom is -0.489 e. The second-order valence-electron chi connectivity index (χ2n) is 4.27. The maximum absolute atomic E-state index is 10.4. The number of hydrogen-bond acceptors (Lipinski definition) is 3. The molecule has 3 nitrogen and oxygen atoms in total. The van der Waals surface area contributed by atoms with Gasteiger partial charge in [-0.2, -0.15) is 0 Å². The Kier molecular flexibility index (Phi) is 3.91. The molecular weight excluding hydrogens is 202 g/mol. The van der Waals surface area contributed by atoms with Crippen molar-refractivity contribution in [1.29, 1.82) is 0 Å². The van der Waals surface area contributed by atoms with Crippen molar-refractivity contribution in [1.82, 2.24) is 4.98 Å². The molecule has 86 valence electrons. The molecular formula is C13H17NO2. The fourth-order valence-electron chi connectivity index (χ4n) is 2.08. The topological polar surface area (TPSA) is 39.2 Å². The van der Waals surface area contributed by atoms with E-state index in [0.29, 0.717) is 11.8 Å². The molecule has 0 amide bonds. The molecule has 0 N–H and O–H groups in total. The van der Waals surface area contributed by atoms with Gasteiger partial charge in [0.05, 0.1) is 12.3 Å². The summed E-state index contributed by atoms with van der Waals surface area (Å²) in [7, 11) is 0. The van der Waals surface area contributed by atoms with Crippen LogP contribution in [-0.2, 0) is 0 Å². The molecule has 1 saturated carbocycles. The first-order valence-corrected chi connectivity index (χ1v) is 5.96. The standard InChI is InChI=1S/C13H17NO2/c15-10-11-7-8-13(9-14-11)16-12-5-3-1-2-4-6-12/h7-10,12H,1-6H2. The molecule has 1 aliphatic carbocycles. The zero-order valence-corrected chi connectivity index (χ0v) is 9.39. The molecule has 0 saturated heterocycles. The Bertz CT molecular complexity index is 326. The highest BCUT2D eigenvalue weighted by Crippen LogP contribution is 2.22. The van der Waals surface area contributed by atoms with E-state index in [0.717, 1.165) is 24.9 Å². The molecule has 1 aliphatic rings. The molecule has 1 heterocycles. The number of aldehydes is 1. The van der Waals surface area contributed by atoms with Crippen LogP contribution in [0, 0.1) is 0 Å². The molecule has 0 aliphatic heterocycles. The highest BCUT2D eigenvalue weighted by Gasteiger charge is 2.13. The molecule has 1 aromatic heterocycles. The van der Waals surface area contributed by atoms with Gasteiger partial charge in [-0.25, -0.2) is 4.98 Å². The first-order chi connectivity index (χ1) is 7.88. The lowest BCUT2D eigenvalue weighted by Crippen LogP contribution is -2.15. The summed E-state index contributed by atoms with van der Waals surface area (Å²) in [4.78, 5) is 14.4. The van der Waals surface area contributed by atoms with Gasteiger partial charge in [-0.1, -0.05) is 12.8 Å². The van der Waals surface area contributed by atoms with Crippen LogP contribution in [-0.4, -0.2) is 17.4 Å². The van der Waals surface area contributed by atoms with Crippen molar-refractivity contribution in [2.24, 2.45) is 0 Å². The van der Waals surface area contributed by atoms with E-state index < -0.39 is 0 Å². The summed E-state index contributed by atoms with van der Waals surface area (Å²) in [6, 6.07) is 3.51. The fourth-order valence-corrected chi connectivity index (χ4v) is 2.08. The molecule has 1 aromatic rings. The lowest BCUT2D eigenvalue weighted by atomic mass is 10.1. The largest absolute Gasteiger partial charge is 0.489 e. The maximum atomic E-state index is 10.4. The van der Waals surface area contributed by atoms with E-state index in [1.807, 2.05) is 6.07 Å². The zero-order valence-electron chi connectivity index (χ0n) is 9.39. The summed E-state index contributed by atoms with van der Waals surface area (Å²) < 4.78 is 5.86. The van der Waals surface area contributed by atoms with Crippen molar-refractivity contribution in [3.63, 3.8) is 0 Å². The Hall–Kier alpha value is -1.38. The molecule has 1 fully saturated rings. The molecule has 0 atom stereocenters. The molecule has 2 rings (SSSR count). The molecule has 0 radical (unpaired) electrons. The number of ether oxygens (including phenoxy) is 1. The van der Waals surface area contributed by atoms with E-state index in [1.165, 1.54) is 25.7 Å². The second kappa shape index (κ2) is 5.64. The van der Waals surface area contributed by atoms with Gasteiger partial charge in [0.1, 0.15) is 11.4 Å². The van der Waals surface area contributed by atoms with Gasteiger partial charge in [0.25, 0.3) is 0 Å². The number of nitrogens with zero attached hydrogens (tertiary/aromatic N) is 1. The molecule has 0 bridgehead atoms. The average Bonchev–Trinajstić information content (AvgIpc) is 2.59. The minimum absolute atomic E-state index is 0.325. The van der Waals surface area contributed by atoms with E-state index in [2.05, 4.69) is 4.98 Å². The van der Waals surface area contributed by atoms with Crippen LogP contribution in [0.2, 0.25) is 0 Å². The number of rotatable bonds is 3. The number of carbonyl (C=O) groups is 1. The summed E-state index contributed by atoms with van der Waals surface area (Å²) >= 11 is 0. The monoisotopic (exact) mass is 219 g/mol. The first kappa shape index (κ1) is 11.1. The molecule has 0 aromatic carbocycles. The normalized spacial score (nSPS) is 17.8. The van der Waals surface area contributed by atoms with Gasteiger partial charge in [0.2, 0.25) is 0 Å². The van der Waals surface area contributed by atoms with E-state index in [9.17, 15) is 4.79 Å². The smallest absolute Gasteiger partial charge is 0.168 e. The van der Waals surface area contributed by atoms with Gasteiger partial charge in [-0.05, 0) is 37.8 Å². The predicted octanol–water partition coefficient (Wildman–Crippen LogP) is 3.00. The quantitative estimate of drug-likeness (QED) is 0.579. The van der Waals surface area contributed by atoms with Crippen LogP contribution in [0.3, 0.4) is 0 Å². The molecule has 3 heteroatoms. The highest BCUT2D eigenvalue weighted by atomic mass is 16.5. The van der Waals surface area contributed by atoms with Crippen LogP contribution in [0.1, 0.15) is 49.0 Å². The van der Waals surface area contributed by atoms with Crippen LogP contribution in [0.15, 0.2) is 18.3 Å². The summed E-state index contributed by atoms with van der Waals surface area (Å²) in [6.45, 7) is 0. The first-order valence-electron chi connectivity index (χ1n) is 5.96. The lowest BCUT2D eigenvalue weighted by molar-refractivity contribution is 0.111. The predicted molar refractivity (Wildman–Crippen MR) is 61.7 cm³/mol. The summed E-state index contributed by atoms with van der Waals surface area (Å²) in [5.41, 5.74) is 0.452. The van der Waals surface area contributed by atoms with E-state index in [-0.39, 0.29) is 0 Å². The number of aromatic nitrogens is 1. The van der Waals surface area contributed by atoms with Crippen molar-refractivity contribution in [3.8, 4) is 5.75 Å². The van der Waals surface area contributed by atoms with Crippen molar-refractivity contribution in [2.75, 3.05) is 0 Å². The Balaban J connectivity index is 1.93. The van der Waals surface area contributed by atoms with Gasteiger partial charge in [-0.15, -0.1) is 0 Å². The summed E-state index contributed by atoms with van der Waals surface area (Å²) in [6.07, 6.45) is 10.1. The van der Waals surface area contributed by atoms with E-state index in [1.54, 1.807) is 12.3 Å². The third-order valence-electron chi connectivity index (χ3n) is 2.98.